The fourth-order valence-electron chi connectivity index (χ4n) is 3.22. The second-order valence-corrected chi connectivity index (χ2v) is 7.39. The number of thiazole rings is 1. The lowest BCUT2D eigenvalue weighted by Gasteiger charge is -2.07. The van der Waals surface area contributed by atoms with Crippen LogP contribution in [-0.2, 0) is 0 Å². The van der Waals surface area contributed by atoms with Gasteiger partial charge < -0.3 is 9.51 Å². The maximum Gasteiger partial charge on any atom is 0.335 e. The Bertz CT molecular complexity index is 1160. The Morgan fingerprint density at radius 2 is 1.81 bits per heavy atom. The molecule has 0 saturated heterocycles. The quantitative estimate of drug-likeness (QED) is 0.570. The normalized spacial score (nSPS) is 11.2. The Kier molecular flexibility index (Phi) is 3.85. The van der Waals surface area contributed by atoms with E-state index in [1.807, 2.05) is 37.3 Å². The molecular weight excluding hydrogens is 346 g/mol. The Balaban J connectivity index is 1.95. The number of aryl methyl sites for hydroxylation is 3. The third kappa shape index (κ3) is 2.59. The predicted octanol–water partition coefficient (Wildman–Crippen LogP) is 4.75. The number of aromatic nitrogens is 3. The molecule has 0 radical (unpaired) electrons. The van der Waals surface area contributed by atoms with Crippen molar-refractivity contribution in [3.8, 4) is 21.7 Å². The van der Waals surface area contributed by atoms with E-state index in [-0.39, 0.29) is 5.56 Å². The number of hydrogen-bond donors (Lipinski definition) is 1. The molecule has 5 nitrogen and oxygen atoms in total. The molecule has 0 aliphatic rings. The summed E-state index contributed by atoms with van der Waals surface area (Å²) < 4.78 is 1.92. The van der Waals surface area contributed by atoms with Gasteiger partial charge in [-0.3, -0.25) is 0 Å². The first-order chi connectivity index (χ1) is 12.5. The highest BCUT2D eigenvalue weighted by atomic mass is 32.1. The van der Waals surface area contributed by atoms with Gasteiger partial charge in [0.2, 0.25) is 0 Å². The van der Waals surface area contributed by atoms with E-state index >= 15 is 0 Å². The monoisotopic (exact) mass is 363 g/mol. The van der Waals surface area contributed by atoms with Crippen LogP contribution in [0, 0.1) is 20.8 Å². The molecule has 0 bridgehead atoms. The third-order valence-electron chi connectivity index (χ3n) is 4.44. The summed E-state index contributed by atoms with van der Waals surface area (Å²) in [5.74, 6) is -0.953. The number of imidazole rings is 1. The molecule has 130 valence electrons. The number of hydrogen-bond acceptors (Lipinski definition) is 4. The van der Waals surface area contributed by atoms with Gasteiger partial charge in [0.15, 0.2) is 0 Å². The van der Waals surface area contributed by atoms with Gasteiger partial charge in [0.1, 0.15) is 5.65 Å². The Hall–Kier alpha value is -2.99. The van der Waals surface area contributed by atoms with E-state index in [9.17, 15) is 9.90 Å². The Morgan fingerprint density at radius 1 is 1.08 bits per heavy atom. The van der Waals surface area contributed by atoms with Crippen LogP contribution in [0.2, 0.25) is 0 Å². The van der Waals surface area contributed by atoms with E-state index in [1.54, 1.807) is 29.7 Å². The topological polar surface area (TPSA) is 67.5 Å². The Morgan fingerprint density at radius 3 is 2.46 bits per heavy atom. The van der Waals surface area contributed by atoms with Gasteiger partial charge >= 0.3 is 5.97 Å². The maximum atomic E-state index is 11.2. The largest absolute Gasteiger partial charge is 0.478 e. The molecular formula is C20H17N3O2S. The number of benzene rings is 1. The summed E-state index contributed by atoms with van der Waals surface area (Å²) in [5, 5.41) is 10.3. The highest BCUT2D eigenvalue weighted by Gasteiger charge is 2.18. The van der Waals surface area contributed by atoms with Crippen molar-refractivity contribution in [3.05, 3.63) is 64.6 Å². The number of carboxylic acid groups (broad SMARTS) is 1. The number of rotatable bonds is 3. The van der Waals surface area contributed by atoms with Gasteiger partial charge in [0, 0.05) is 23.0 Å². The highest BCUT2D eigenvalue weighted by Crippen LogP contribution is 2.38. The molecule has 1 N–H and O–H groups in total. The van der Waals surface area contributed by atoms with Crippen LogP contribution >= 0.6 is 11.3 Å². The van der Waals surface area contributed by atoms with Crippen molar-refractivity contribution in [1.82, 2.24) is 14.4 Å². The number of nitrogens with zero attached hydrogens (tertiary/aromatic N) is 3. The summed E-state index contributed by atoms with van der Waals surface area (Å²) in [6.45, 7) is 6.02. The molecule has 0 amide bonds. The molecule has 4 rings (SSSR count). The zero-order chi connectivity index (χ0) is 18.4. The van der Waals surface area contributed by atoms with Crippen LogP contribution in [0.5, 0.6) is 0 Å². The first kappa shape index (κ1) is 16.5. The molecule has 1 aromatic carbocycles. The van der Waals surface area contributed by atoms with E-state index in [1.165, 1.54) is 0 Å². The minimum atomic E-state index is -0.953. The van der Waals surface area contributed by atoms with Crippen molar-refractivity contribution < 1.29 is 9.90 Å². The lowest BCUT2D eigenvalue weighted by molar-refractivity contribution is 0.0697. The summed E-state index contributed by atoms with van der Waals surface area (Å²) >= 11 is 1.67. The van der Waals surface area contributed by atoms with E-state index in [0.29, 0.717) is 5.65 Å². The lowest BCUT2D eigenvalue weighted by atomic mass is 10.0. The smallest absolute Gasteiger partial charge is 0.335 e. The second-order valence-electron chi connectivity index (χ2n) is 6.19. The zero-order valence-corrected chi connectivity index (χ0v) is 15.5. The second kappa shape index (κ2) is 6.07. The minimum Gasteiger partial charge on any atom is -0.478 e. The van der Waals surface area contributed by atoms with Crippen LogP contribution in [0.3, 0.4) is 0 Å². The molecule has 0 atom stereocenters. The molecule has 0 saturated carbocycles. The fourth-order valence-corrected chi connectivity index (χ4v) is 4.18. The van der Waals surface area contributed by atoms with Crippen molar-refractivity contribution in [3.63, 3.8) is 0 Å². The number of carbonyl (C=O) groups is 1. The molecule has 3 heterocycles. The average Bonchev–Trinajstić information content (AvgIpc) is 3.13. The molecule has 0 aliphatic carbocycles. The zero-order valence-electron chi connectivity index (χ0n) is 14.6. The Labute approximate surface area is 154 Å². The molecule has 0 aliphatic heterocycles. The van der Waals surface area contributed by atoms with Gasteiger partial charge in [-0.2, -0.15) is 0 Å². The van der Waals surface area contributed by atoms with Crippen LogP contribution in [-0.4, -0.2) is 25.4 Å². The first-order valence-corrected chi connectivity index (χ1v) is 9.03. The van der Waals surface area contributed by atoms with Crippen LogP contribution in [0.4, 0.5) is 0 Å². The van der Waals surface area contributed by atoms with Crippen molar-refractivity contribution in [2.24, 2.45) is 0 Å². The molecule has 4 aromatic rings. The van der Waals surface area contributed by atoms with Crippen molar-refractivity contribution in [1.29, 1.82) is 0 Å². The number of aromatic carboxylic acids is 1. The molecule has 0 fully saturated rings. The van der Waals surface area contributed by atoms with E-state index < -0.39 is 5.97 Å². The summed E-state index contributed by atoms with van der Waals surface area (Å²) in [5.41, 5.74) is 5.82. The maximum absolute atomic E-state index is 11.2. The van der Waals surface area contributed by atoms with Crippen LogP contribution in [0.25, 0.3) is 27.3 Å². The number of carboxylic acids is 1. The first-order valence-electron chi connectivity index (χ1n) is 8.21. The van der Waals surface area contributed by atoms with Gasteiger partial charge in [-0.05, 0) is 32.9 Å². The van der Waals surface area contributed by atoms with Crippen molar-refractivity contribution in [2.75, 3.05) is 0 Å². The summed E-state index contributed by atoms with van der Waals surface area (Å²) in [6.07, 6.45) is 1.76. The van der Waals surface area contributed by atoms with Gasteiger partial charge in [-0.15, -0.1) is 11.3 Å². The average molecular weight is 363 g/mol. The SMILES string of the molecule is Cc1nc(C)c(-c2ccccc2-c2nc3cc(C(=O)O)ccn3c2C)s1. The van der Waals surface area contributed by atoms with E-state index in [2.05, 4.69) is 17.1 Å². The molecule has 0 spiro atoms. The van der Waals surface area contributed by atoms with Crippen LogP contribution in [0.15, 0.2) is 42.6 Å². The molecule has 26 heavy (non-hydrogen) atoms. The molecule has 0 unspecified atom stereocenters. The lowest BCUT2D eigenvalue weighted by Crippen LogP contribution is -1.97. The highest BCUT2D eigenvalue weighted by molar-refractivity contribution is 7.15. The summed E-state index contributed by atoms with van der Waals surface area (Å²) in [7, 11) is 0. The molecule has 3 aromatic heterocycles. The third-order valence-corrected chi connectivity index (χ3v) is 5.55. The fraction of sp³-hybridized carbons (Fsp3) is 0.150. The number of fused-ring (bicyclic) bond motifs is 1. The van der Waals surface area contributed by atoms with Gasteiger partial charge in [-0.1, -0.05) is 24.3 Å². The minimum absolute atomic E-state index is 0.233. The van der Waals surface area contributed by atoms with E-state index in [4.69, 9.17) is 4.98 Å². The standard InChI is InChI=1S/C20H17N3O2S/c1-11-19(26-13(3)21-11)16-7-5-4-6-15(16)18-12(2)23-9-8-14(20(24)25)10-17(23)22-18/h4-10H,1-3H3,(H,24,25). The summed E-state index contributed by atoms with van der Waals surface area (Å²) in [6, 6.07) is 11.3. The predicted molar refractivity (Wildman–Crippen MR) is 103 cm³/mol. The van der Waals surface area contributed by atoms with Crippen LogP contribution in [0.1, 0.15) is 26.8 Å². The van der Waals surface area contributed by atoms with Gasteiger partial charge in [0.05, 0.1) is 26.8 Å². The van der Waals surface area contributed by atoms with Crippen molar-refractivity contribution in [2.45, 2.75) is 20.8 Å². The van der Waals surface area contributed by atoms with Crippen molar-refractivity contribution >= 4 is 23.0 Å². The number of pyridine rings is 1. The van der Waals surface area contributed by atoms with Gasteiger partial charge in [-0.25, -0.2) is 14.8 Å². The molecule has 6 heteroatoms. The van der Waals surface area contributed by atoms with Gasteiger partial charge in [0.25, 0.3) is 0 Å². The summed E-state index contributed by atoms with van der Waals surface area (Å²) in [4.78, 5) is 21.7. The van der Waals surface area contributed by atoms with E-state index in [0.717, 1.165) is 38.1 Å². The van der Waals surface area contributed by atoms with Crippen LogP contribution < -0.4 is 0 Å².